The summed E-state index contributed by atoms with van der Waals surface area (Å²) < 4.78 is 38.4. The fraction of sp³-hybridized carbons (Fsp3) is 0.500. The number of nitrogens with one attached hydrogen (secondary N) is 1. The SMILES string of the molecule is O=C([O-])C1=C(CSc2ncn[nH]2)C2CCN(C(=O)C(F)(F)F)[C@@H]3C(=O)N1[C@H]23.[Na+]. The zero-order valence-electron chi connectivity index (χ0n) is 14.4. The van der Waals surface area contributed by atoms with Crippen molar-refractivity contribution in [2.75, 3.05) is 12.3 Å². The summed E-state index contributed by atoms with van der Waals surface area (Å²) in [6, 6.07) is -2.12. The molecule has 2 fully saturated rings. The van der Waals surface area contributed by atoms with Crippen LogP contribution in [0, 0.1) is 5.92 Å². The summed E-state index contributed by atoms with van der Waals surface area (Å²) in [4.78, 5) is 41.0. The second-order valence-electron chi connectivity index (χ2n) is 6.28. The molecular formula is C14H11F3N5NaO4S. The number of nitrogens with zero attached hydrogens (tertiary/aromatic N) is 4. The van der Waals surface area contributed by atoms with E-state index >= 15 is 0 Å². The van der Waals surface area contributed by atoms with Crippen LogP contribution in [-0.2, 0) is 14.4 Å². The molecule has 144 valence electrons. The van der Waals surface area contributed by atoms with Crippen molar-refractivity contribution in [2.24, 2.45) is 5.92 Å². The van der Waals surface area contributed by atoms with Gasteiger partial charge in [0.1, 0.15) is 12.4 Å². The third-order valence-electron chi connectivity index (χ3n) is 4.99. The number of amides is 2. The van der Waals surface area contributed by atoms with Crippen LogP contribution in [0.2, 0.25) is 0 Å². The van der Waals surface area contributed by atoms with Crippen LogP contribution in [0.5, 0.6) is 0 Å². The van der Waals surface area contributed by atoms with Crippen LogP contribution < -0.4 is 34.7 Å². The number of aromatic nitrogens is 3. The van der Waals surface area contributed by atoms with E-state index in [0.29, 0.717) is 15.6 Å². The predicted octanol–water partition coefficient (Wildman–Crippen LogP) is -4.09. The number of H-pyrrole nitrogens is 1. The van der Waals surface area contributed by atoms with Gasteiger partial charge >= 0.3 is 41.6 Å². The molecule has 0 bridgehead atoms. The number of carboxylic acid groups (broad SMARTS) is 1. The number of aromatic amines is 1. The summed E-state index contributed by atoms with van der Waals surface area (Å²) in [5, 5.41) is 18.3. The number of carboxylic acids is 1. The summed E-state index contributed by atoms with van der Waals surface area (Å²) in [6.07, 6.45) is -3.70. The number of halogens is 3. The number of thioether (sulfide) groups is 1. The molecular weight excluding hydrogens is 414 g/mol. The maximum atomic E-state index is 12.8. The minimum Gasteiger partial charge on any atom is -0.543 e. The molecule has 0 saturated carbocycles. The van der Waals surface area contributed by atoms with E-state index in [1.165, 1.54) is 6.33 Å². The summed E-state index contributed by atoms with van der Waals surface area (Å²) >= 11 is 1.16. The van der Waals surface area contributed by atoms with Crippen molar-refractivity contribution in [1.82, 2.24) is 25.0 Å². The van der Waals surface area contributed by atoms with E-state index in [2.05, 4.69) is 15.2 Å². The second-order valence-corrected chi connectivity index (χ2v) is 7.24. The number of carbonyl (C=O) groups excluding carboxylic acids is 3. The molecule has 1 aromatic rings. The van der Waals surface area contributed by atoms with Gasteiger partial charge in [-0.1, -0.05) is 11.8 Å². The van der Waals surface area contributed by atoms with Crippen LogP contribution in [0.3, 0.4) is 0 Å². The average molecular weight is 425 g/mol. The van der Waals surface area contributed by atoms with E-state index in [1.54, 1.807) is 0 Å². The number of alkyl halides is 3. The molecule has 4 rings (SSSR count). The molecule has 0 aliphatic carbocycles. The number of piperidine rings is 1. The minimum atomic E-state index is -5.10. The first-order valence-electron chi connectivity index (χ1n) is 7.85. The van der Waals surface area contributed by atoms with Gasteiger partial charge in [0.2, 0.25) is 0 Å². The zero-order chi connectivity index (χ0) is 19.5. The molecule has 3 atom stereocenters. The van der Waals surface area contributed by atoms with Gasteiger partial charge in [0, 0.05) is 18.2 Å². The molecule has 3 aliphatic rings. The molecule has 0 radical (unpaired) electrons. The Bertz CT molecular complexity index is 862. The molecule has 1 aromatic heterocycles. The molecule has 1 unspecified atom stereocenters. The van der Waals surface area contributed by atoms with Crippen molar-refractivity contribution >= 4 is 29.5 Å². The first kappa shape index (κ1) is 21.1. The molecule has 28 heavy (non-hydrogen) atoms. The quantitative estimate of drug-likeness (QED) is 0.296. The Morgan fingerprint density at radius 2 is 2.11 bits per heavy atom. The van der Waals surface area contributed by atoms with Crippen LogP contribution in [0.4, 0.5) is 13.2 Å². The standard InChI is InChI=1S/C14H12F3N5O4S.Na/c15-14(16,17)12(26)21-2-1-5-6(3-27-13-18-4-19-20-13)8(11(24)25)22-7(5)9(21)10(22)23;/h4-5,7,9H,1-3H2,(H,24,25)(H,18,19,20);/q;+1/p-1/t5?,7-,9+;/m1./s1. The van der Waals surface area contributed by atoms with Crippen LogP contribution >= 0.6 is 11.8 Å². The van der Waals surface area contributed by atoms with E-state index in [1.807, 2.05) is 0 Å². The van der Waals surface area contributed by atoms with Gasteiger partial charge < -0.3 is 19.7 Å². The van der Waals surface area contributed by atoms with Crippen molar-refractivity contribution in [2.45, 2.75) is 29.8 Å². The number of hydrogen-bond acceptors (Lipinski definition) is 7. The van der Waals surface area contributed by atoms with E-state index in [4.69, 9.17) is 0 Å². The Morgan fingerprint density at radius 3 is 2.68 bits per heavy atom. The number of likely N-dealkylation sites (tertiary alicyclic amines) is 1. The maximum Gasteiger partial charge on any atom is 1.00 e. The third kappa shape index (κ3) is 3.13. The monoisotopic (exact) mass is 425 g/mol. The molecule has 1 N–H and O–H groups in total. The van der Waals surface area contributed by atoms with Crippen molar-refractivity contribution in [1.29, 1.82) is 0 Å². The summed E-state index contributed by atoms with van der Waals surface area (Å²) in [6.45, 7) is -0.277. The van der Waals surface area contributed by atoms with Gasteiger partial charge in [-0.3, -0.25) is 14.7 Å². The summed E-state index contributed by atoms with van der Waals surface area (Å²) in [5.74, 6) is -4.78. The molecule has 0 spiro atoms. The number of hydrogen-bond donors (Lipinski definition) is 1. The largest absolute Gasteiger partial charge is 1.00 e. The predicted molar refractivity (Wildman–Crippen MR) is 79.4 cm³/mol. The Morgan fingerprint density at radius 1 is 1.39 bits per heavy atom. The number of β-lactam (4-membered cyclic amide) rings is 1. The van der Waals surface area contributed by atoms with Crippen molar-refractivity contribution in [3.8, 4) is 0 Å². The first-order valence-corrected chi connectivity index (χ1v) is 8.83. The normalized spacial score (nSPS) is 26.0. The Hall–Kier alpha value is -1.57. The van der Waals surface area contributed by atoms with Crippen LogP contribution in [0.1, 0.15) is 6.42 Å². The molecule has 3 aliphatic heterocycles. The number of rotatable bonds is 4. The van der Waals surface area contributed by atoms with Crippen LogP contribution in [-0.4, -0.2) is 73.3 Å². The number of aliphatic carboxylic acids is 1. The molecule has 0 aromatic carbocycles. The zero-order valence-corrected chi connectivity index (χ0v) is 17.2. The van der Waals surface area contributed by atoms with Gasteiger partial charge in [0.05, 0.1) is 17.7 Å². The maximum absolute atomic E-state index is 12.8. The molecule has 14 heteroatoms. The number of carbonyl (C=O) groups is 3. The van der Waals surface area contributed by atoms with E-state index in [9.17, 15) is 32.7 Å². The molecule has 2 saturated heterocycles. The van der Waals surface area contributed by atoms with Gasteiger partial charge in [0.15, 0.2) is 5.16 Å². The van der Waals surface area contributed by atoms with Crippen molar-refractivity contribution in [3.63, 3.8) is 0 Å². The Balaban J connectivity index is 0.00000225. The smallest absolute Gasteiger partial charge is 0.543 e. The summed E-state index contributed by atoms with van der Waals surface area (Å²) in [7, 11) is 0. The van der Waals surface area contributed by atoms with Crippen molar-refractivity contribution in [3.05, 3.63) is 17.6 Å². The van der Waals surface area contributed by atoms with Gasteiger partial charge in [-0.25, -0.2) is 4.98 Å². The van der Waals surface area contributed by atoms with Crippen molar-refractivity contribution < 1.29 is 62.2 Å². The van der Waals surface area contributed by atoms with E-state index in [0.717, 1.165) is 16.7 Å². The third-order valence-corrected chi connectivity index (χ3v) is 5.91. The fourth-order valence-electron chi connectivity index (χ4n) is 3.98. The summed E-state index contributed by atoms with van der Waals surface area (Å²) in [5.41, 5.74) is 0.0796. The Labute approximate surface area is 182 Å². The van der Waals surface area contributed by atoms with Gasteiger partial charge in [-0.15, -0.1) is 0 Å². The van der Waals surface area contributed by atoms with Crippen LogP contribution in [0.15, 0.2) is 22.8 Å². The van der Waals surface area contributed by atoms with E-state index < -0.39 is 42.0 Å². The van der Waals surface area contributed by atoms with E-state index in [-0.39, 0.29) is 54.0 Å². The first-order chi connectivity index (χ1) is 12.7. The second kappa shape index (κ2) is 7.35. The molecule has 2 amide bonds. The van der Waals surface area contributed by atoms with Gasteiger partial charge in [-0.2, -0.15) is 18.3 Å². The minimum absolute atomic E-state index is 0. The molecule has 4 heterocycles. The molecule has 9 nitrogen and oxygen atoms in total. The Kier molecular flexibility index (Phi) is 5.55. The van der Waals surface area contributed by atoms with Crippen LogP contribution in [0.25, 0.3) is 0 Å². The van der Waals surface area contributed by atoms with Gasteiger partial charge in [0.25, 0.3) is 5.91 Å². The fourth-order valence-corrected chi connectivity index (χ4v) is 4.86. The average Bonchev–Trinajstić information content (AvgIpc) is 3.21. The van der Waals surface area contributed by atoms with Gasteiger partial charge in [-0.05, 0) is 12.0 Å². The topological polar surface area (TPSA) is 122 Å².